The van der Waals surface area contributed by atoms with E-state index in [4.69, 9.17) is 39.5 Å². The number of halogens is 3. The molecule has 0 aliphatic carbocycles. The van der Waals surface area contributed by atoms with Gasteiger partial charge in [0, 0.05) is 6.54 Å². The Balaban J connectivity index is 1.84. The van der Waals surface area contributed by atoms with Crippen LogP contribution in [0.2, 0.25) is 15.1 Å². The third-order valence-corrected chi connectivity index (χ3v) is 5.27. The molecule has 0 amide bonds. The molecule has 0 atom stereocenters. The van der Waals surface area contributed by atoms with Crippen LogP contribution in [0.3, 0.4) is 0 Å². The van der Waals surface area contributed by atoms with Gasteiger partial charge in [0.1, 0.15) is 12.4 Å². The van der Waals surface area contributed by atoms with Gasteiger partial charge in [0.05, 0.1) is 20.8 Å². The highest BCUT2D eigenvalue weighted by Crippen LogP contribution is 2.24. The first kappa shape index (κ1) is 18.4. The largest absolute Gasteiger partial charge is 0.491 e. The van der Waals surface area contributed by atoms with E-state index in [1.165, 1.54) is 6.07 Å². The molecule has 0 aromatic heterocycles. The van der Waals surface area contributed by atoms with Gasteiger partial charge in [-0.3, -0.25) is 0 Å². The Kier molecular flexibility index (Phi) is 6.56. The van der Waals surface area contributed by atoms with E-state index in [0.717, 1.165) is 0 Å². The van der Waals surface area contributed by atoms with E-state index in [-0.39, 0.29) is 18.9 Å². The standard InChI is InChI=1S/C15H14Cl3NO3S/c16-12-6-5-11(9-14(12)18)10-23(20,21)19-7-8-22-15-4-2-1-3-13(15)17/h1-6,9,19H,7-8,10H2. The molecule has 0 aliphatic rings. The summed E-state index contributed by atoms with van der Waals surface area (Å²) in [6.07, 6.45) is 0. The van der Waals surface area contributed by atoms with E-state index in [2.05, 4.69) is 4.72 Å². The van der Waals surface area contributed by atoms with E-state index >= 15 is 0 Å². The van der Waals surface area contributed by atoms with Crippen LogP contribution < -0.4 is 9.46 Å². The summed E-state index contributed by atoms with van der Waals surface area (Å²) in [4.78, 5) is 0. The van der Waals surface area contributed by atoms with Crippen LogP contribution in [-0.2, 0) is 15.8 Å². The number of rotatable bonds is 7. The average molecular weight is 395 g/mol. The highest BCUT2D eigenvalue weighted by atomic mass is 35.5. The molecule has 0 saturated carbocycles. The first-order valence-corrected chi connectivity index (χ1v) is 9.44. The van der Waals surface area contributed by atoms with Gasteiger partial charge >= 0.3 is 0 Å². The summed E-state index contributed by atoms with van der Waals surface area (Å²) >= 11 is 17.6. The summed E-state index contributed by atoms with van der Waals surface area (Å²) < 4.78 is 31.9. The van der Waals surface area contributed by atoms with Crippen LogP contribution in [0.25, 0.3) is 0 Å². The van der Waals surface area contributed by atoms with Crippen molar-refractivity contribution in [3.05, 3.63) is 63.1 Å². The molecule has 2 aromatic rings. The maximum atomic E-state index is 12.0. The van der Waals surface area contributed by atoms with Crippen LogP contribution in [0.5, 0.6) is 5.75 Å². The van der Waals surface area contributed by atoms with Crippen molar-refractivity contribution in [2.24, 2.45) is 0 Å². The highest BCUT2D eigenvalue weighted by molar-refractivity contribution is 7.88. The number of nitrogens with one attached hydrogen (secondary N) is 1. The van der Waals surface area contributed by atoms with Crippen LogP contribution in [0.1, 0.15) is 5.56 Å². The molecule has 4 nitrogen and oxygen atoms in total. The fourth-order valence-electron chi connectivity index (χ4n) is 1.82. The van der Waals surface area contributed by atoms with E-state index in [0.29, 0.717) is 26.4 Å². The lowest BCUT2D eigenvalue weighted by Crippen LogP contribution is -2.29. The normalized spacial score (nSPS) is 11.4. The fourth-order valence-corrected chi connectivity index (χ4v) is 3.45. The predicted molar refractivity (Wildman–Crippen MR) is 94.0 cm³/mol. The van der Waals surface area contributed by atoms with Crippen LogP contribution >= 0.6 is 34.8 Å². The summed E-state index contributed by atoms with van der Waals surface area (Å²) in [7, 11) is -3.49. The molecule has 2 rings (SSSR count). The number of hydrogen-bond donors (Lipinski definition) is 1. The van der Waals surface area contributed by atoms with Crippen LogP contribution in [0, 0.1) is 0 Å². The number of benzene rings is 2. The second-order valence-electron chi connectivity index (χ2n) is 4.68. The summed E-state index contributed by atoms with van der Waals surface area (Å²) in [6.45, 7) is 0.305. The summed E-state index contributed by atoms with van der Waals surface area (Å²) in [5.74, 6) is 0.327. The fraction of sp³-hybridized carbons (Fsp3) is 0.200. The molecule has 2 aromatic carbocycles. The Morgan fingerprint density at radius 2 is 1.70 bits per heavy atom. The Hall–Kier alpha value is -0.980. The topological polar surface area (TPSA) is 55.4 Å². The van der Waals surface area contributed by atoms with Gasteiger partial charge in [-0.25, -0.2) is 13.1 Å². The first-order chi connectivity index (χ1) is 10.9. The molecular formula is C15H14Cl3NO3S. The number of ether oxygens (including phenoxy) is 1. The monoisotopic (exact) mass is 393 g/mol. The number of para-hydroxylation sites is 1. The molecular weight excluding hydrogens is 381 g/mol. The molecule has 23 heavy (non-hydrogen) atoms. The van der Waals surface area contributed by atoms with E-state index < -0.39 is 10.0 Å². The lowest BCUT2D eigenvalue weighted by molar-refractivity contribution is 0.323. The Labute approximate surface area is 150 Å². The maximum absolute atomic E-state index is 12.0. The lowest BCUT2D eigenvalue weighted by atomic mass is 10.2. The van der Waals surface area contributed by atoms with Gasteiger partial charge in [-0.15, -0.1) is 0 Å². The number of sulfonamides is 1. The van der Waals surface area contributed by atoms with Crippen LogP contribution in [-0.4, -0.2) is 21.6 Å². The molecule has 0 aliphatic heterocycles. The van der Waals surface area contributed by atoms with Crippen LogP contribution in [0.4, 0.5) is 0 Å². The minimum atomic E-state index is -3.49. The second-order valence-corrected chi connectivity index (χ2v) is 7.71. The summed E-state index contributed by atoms with van der Waals surface area (Å²) in [5.41, 5.74) is 0.555. The summed E-state index contributed by atoms with van der Waals surface area (Å²) in [5, 5.41) is 1.18. The third kappa shape index (κ3) is 5.86. The van der Waals surface area contributed by atoms with Crippen molar-refractivity contribution >= 4 is 44.8 Å². The predicted octanol–water partition coefficient (Wildman–Crippen LogP) is 4.15. The van der Waals surface area contributed by atoms with Crippen molar-refractivity contribution in [3.63, 3.8) is 0 Å². The van der Waals surface area contributed by atoms with Crippen molar-refractivity contribution in [3.8, 4) is 5.75 Å². The van der Waals surface area contributed by atoms with E-state index in [1.807, 2.05) is 0 Å². The molecule has 0 radical (unpaired) electrons. The van der Waals surface area contributed by atoms with Gasteiger partial charge in [-0.2, -0.15) is 0 Å². The van der Waals surface area contributed by atoms with Gasteiger partial charge in [-0.05, 0) is 29.8 Å². The minimum Gasteiger partial charge on any atom is -0.491 e. The Morgan fingerprint density at radius 3 is 2.39 bits per heavy atom. The first-order valence-electron chi connectivity index (χ1n) is 6.66. The van der Waals surface area contributed by atoms with Crippen molar-refractivity contribution < 1.29 is 13.2 Å². The lowest BCUT2D eigenvalue weighted by Gasteiger charge is -2.10. The molecule has 0 heterocycles. The van der Waals surface area contributed by atoms with E-state index in [9.17, 15) is 8.42 Å². The van der Waals surface area contributed by atoms with Crippen molar-refractivity contribution in [1.82, 2.24) is 4.72 Å². The molecule has 1 N–H and O–H groups in total. The molecule has 0 fully saturated rings. The average Bonchev–Trinajstić information content (AvgIpc) is 2.49. The Morgan fingerprint density at radius 1 is 0.957 bits per heavy atom. The molecule has 0 bridgehead atoms. The molecule has 0 saturated heterocycles. The van der Waals surface area contributed by atoms with Gasteiger partial charge in [0.25, 0.3) is 0 Å². The zero-order valence-electron chi connectivity index (χ0n) is 11.9. The van der Waals surface area contributed by atoms with Crippen molar-refractivity contribution in [2.75, 3.05) is 13.2 Å². The minimum absolute atomic E-state index is 0.134. The molecule has 0 unspecified atom stereocenters. The smallest absolute Gasteiger partial charge is 0.215 e. The zero-order valence-corrected chi connectivity index (χ0v) is 15.0. The van der Waals surface area contributed by atoms with Gasteiger partial charge in [-0.1, -0.05) is 53.0 Å². The quantitative estimate of drug-likeness (QED) is 0.718. The SMILES string of the molecule is O=S(=O)(Cc1ccc(Cl)c(Cl)c1)NCCOc1ccccc1Cl. The zero-order chi connectivity index (χ0) is 16.9. The van der Waals surface area contributed by atoms with E-state index in [1.54, 1.807) is 36.4 Å². The molecule has 124 valence electrons. The Bertz CT molecular complexity index is 781. The van der Waals surface area contributed by atoms with Crippen molar-refractivity contribution in [2.45, 2.75) is 5.75 Å². The molecule has 0 spiro atoms. The summed E-state index contributed by atoms with van der Waals surface area (Å²) in [6, 6.07) is 11.7. The highest BCUT2D eigenvalue weighted by Gasteiger charge is 2.12. The third-order valence-electron chi connectivity index (χ3n) is 2.86. The molecule has 8 heteroatoms. The van der Waals surface area contributed by atoms with Crippen LogP contribution in [0.15, 0.2) is 42.5 Å². The van der Waals surface area contributed by atoms with Gasteiger partial charge < -0.3 is 4.74 Å². The number of hydrogen-bond acceptors (Lipinski definition) is 3. The van der Waals surface area contributed by atoms with Gasteiger partial charge in [0.15, 0.2) is 0 Å². The second kappa shape index (κ2) is 8.22. The van der Waals surface area contributed by atoms with Gasteiger partial charge in [0.2, 0.25) is 10.0 Å². The van der Waals surface area contributed by atoms with Crippen molar-refractivity contribution in [1.29, 1.82) is 0 Å². The maximum Gasteiger partial charge on any atom is 0.215 e.